The van der Waals surface area contributed by atoms with Gasteiger partial charge in [-0.15, -0.1) is 0 Å². The molecule has 0 spiro atoms. The molecular formula is C15H19N. The van der Waals surface area contributed by atoms with Crippen LogP contribution in [0.4, 0.5) is 0 Å². The quantitative estimate of drug-likeness (QED) is 0.751. The first-order valence-electron chi connectivity index (χ1n) is 6.09. The lowest BCUT2D eigenvalue weighted by atomic mass is 9.93. The van der Waals surface area contributed by atoms with Crippen LogP contribution in [-0.4, -0.2) is 0 Å². The third-order valence-electron chi connectivity index (χ3n) is 3.62. The molecule has 0 aliphatic heterocycles. The molecule has 0 aromatic heterocycles. The zero-order valence-corrected chi connectivity index (χ0v) is 10.3. The van der Waals surface area contributed by atoms with E-state index in [1.165, 1.54) is 11.1 Å². The lowest BCUT2D eigenvalue weighted by molar-refractivity contribution is 0.646. The Morgan fingerprint density at radius 3 is 2.31 bits per heavy atom. The van der Waals surface area contributed by atoms with Gasteiger partial charge in [0.25, 0.3) is 0 Å². The summed E-state index contributed by atoms with van der Waals surface area (Å²) in [5, 5.41) is 9.25. The maximum Gasteiger partial charge on any atom is 0.0851 e. The van der Waals surface area contributed by atoms with Crippen molar-refractivity contribution in [3.63, 3.8) is 0 Å². The Hall–Kier alpha value is -1.29. The van der Waals surface area contributed by atoms with Gasteiger partial charge in [0, 0.05) is 0 Å². The van der Waals surface area contributed by atoms with Crippen LogP contribution < -0.4 is 0 Å². The smallest absolute Gasteiger partial charge is 0.0851 e. The van der Waals surface area contributed by atoms with E-state index >= 15 is 0 Å². The van der Waals surface area contributed by atoms with Crippen LogP contribution in [0.2, 0.25) is 0 Å². The van der Waals surface area contributed by atoms with Crippen molar-refractivity contribution in [2.45, 2.75) is 39.0 Å². The van der Waals surface area contributed by atoms with E-state index in [2.05, 4.69) is 51.1 Å². The van der Waals surface area contributed by atoms with Gasteiger partial charge in [0.05, 0.1) is 11.5 Å². The second kappa shape index (κ2) is 3.94. The van der Waals surface area contributed by atoms with E-state index in [1.54, 1.807) is 0 Å². The van der Waals surface area contributed by atoms with E-state index in [9.17, 15) is 5.26 Å². The molecule has 1 aliphatic carbocycles. The van der Waals surface area contributed by atoms with Crippen LogP contribution in [0.25, 0.3) is 0 Å². The zero-order valence-electron chi connectivity index (χ0n) is 10.3. The standard InChI is InChI=1S/C15H19N/c1-11(2)8-13-4-6-14(7-5-13)15(10-16)9-12(15)3/h4-7,11-12H,8-9H2,1-3H3. The van der Waals surface area contributed by atoms with Gasteiger partial charge in [-0.3, -0.25) is 0 Å². The third kappa shape index (κ3) is 1.85. The molecule has 0 heterocycles. The van der Waals surface area contributed by atoms with Crippen LogP contribution in [-0.2, 0) is 11.8 Å². The van der Waals surface area contributed by atoms with Crippen molar-refractivity contribution in [3.8, 4) is 6.07 Å². The van der Waals surface area contributed by atoms with E-state index in [4.69, 9.17) is 0 Å². The van der Waals surface area contributed by atoms with Gasteiger partial charge >= 0.3 is 0 Å². The summed E-state index contributed by atoms with van der Waals surface area (Å²) >= 11 is 0. The highest BCUT2D eigenvalue weighted by Crippen LogP contribution is 2.53. The second-order valence-electron chi connectivity index (χ2n) is 5.48. The maximum atomic E-state index is 9.25. The van der Waals surface area contributed by atoms with Crippen molar-refractivity contribution in [2.24, 2.45) is 11.8 Å². The predicted molar refractivity (Wildman–Crippen MR) is 66.1 cm³/mol. The number of nitriles is 1. The van der Waals surface area contributed by atoms with Crippen LogP contribution in [0.5, 0.6) is 0 Å². The summed E-state index contributed by atoms with van der Waals surface area (Å²) in [7, 11) is 0. The molecule has 84 valence electrons. The first-order chi connectivity index (χ1) is 7.58. The van der Waals surface area contributed by atoms with E-state index in [0.29, 0.717) is 11.8 Å². The third-order valence-corrected chi connectivity index (χ3v) is 3.62. The average molecular weight is 213 g/mol. The minimum atomic E-state index is -0.170. The van der Waals surface area contributed by atoms with Crippen LogP contribution in [0.3, 0.4) is 0 Å². The van der Waals surface area contributed by atoms with Gasteiger partial charge in [-0.1, -0.05) is 45.0 Å². The monoisotopic (exact) mass is 213 g/mol. The molecule has 2 unspecified atom stereocenters. The fourth-order valence-corrected chi connectivity index (χ4v) is 2.46. The molecule has 1 aromatic rings. The number of benzene rings is 1. The van der Waals surface area contributed by atoms with Crippen LogP contribution in [0, 0.1) is 23.2 Å². The van der Waals surface area contributed by atoms with E-state index in [-0.39, 0.29) is 5.41 Å². The summed E-state index contributed by atoms with van der Waals surface area (Å²) in [6, 6.07) is 11.1. The molecule has 1 saturated carbocycles. The van der Waals surface area contributed by atoms with Gasteiger partial charge in [-0.25, -0.2) is 0 Å². The van der Waals surface area contributed by atoms with Gasteiger partial charge in [-0.05, 0) is 35.8 Å². The molecular weight excluding hydrogens is 194 g/mol. The van der Waals surface area contributed by atoms with Gasteiger partial charge in [0.15, 0.2) is 0 Å². The molecule has 0 N–H and O–H groups in total. The predicted octanol–water partition coefficient (Wildman–Crippen LogP) is 3.69. The highest BCUT2D eigenvalue weighted by atomic mass is 14.6. The molecule has 1 nitrogen and oxygen atoms in total. The summed E-state index contributed by atoms with van der Waals surface area (Å²) in [5.41, 5.74) is 2.41. The molecule has 1 aromatic carbocycles. The number of hydrogen-bond donors (Lipinski definition) is 0. The normalized spacial score (nSPS) is 27.8. The Bertz CT molecular complexity index is 410. The lowest BCUT2D eigenvalue weighted by Crippen LogP contribution is -2.06. The first-order valence-corrected chi connectivity index (χ1v) is 6.09. The topological polar surface area (TPSA) is 23.8 Å². The fraction of sp³-hybridized carbons (Fsp3) is 0.533. The van der Waals surface area contributed by atoms with Crippen LogP contribution >= 0.6 is 0 Å². The molecule has 1 fully saturated rings. The van der Waals surface area contributed by atoms with E-state index < -0.39 is 0 Å². The Morgan fingerprint density at radius 2 is 1.94 bits per heavy atom. The molecule has 0 amide bonds. The minimum absolute atomic E-state index is 0.170. The van der Waals surface area contributed by atoms with Crippen LogP contribution in [0.15, 0.2) is 24.3 Å². The second-order valence-corrected chi connectivity index (χ2v) is 5.48. The molecule has 0 bridgehead atoms. The average Bonchev–Trinajstić information content (AvgIpc) is 2.91. The van der Waals surface area contributed by atoms with E-state index in [1.807, 2.05) is 0 Å². The molecule has 0 saturated heterocycles. The number of hydrogen-bond acceptors (Lipinski definition) is 1. The van der Waals surface area contributed by atoms with Crippen molar-refractivity contribution in [1.82, 2.24) is 0 Å². The molecule has 0 radical (unpaired) electrons. The summed E-state index contributed by atoms with van der Waals surface area (Å²) in [6.07, 6.45) is 2.14. The molecule has 1 heteroatoms. The lowest BCUT2D eigenvalue weighted by Gasteiger charge is -2.10. The zero-order chi connectivity index (χ0) is 11.8. The SMILES string of the molecule is CC(C)Cc1ccc(C2(C#N)CC2C)cc1. The van der Waals surface area contributed by atoms with Crippen molar-refractivity contribution in [2.75, 3.05) is 0 Å². The Kier molecular flexibility index (Phi) is 2.76. The first kappa shape index (κ1) is 11.2. The van der Waals surface area contributed by atoms with Crippen molar-refractivity contribution < 1.29 is 0 Å². The summed E-state index contributed by atoms with van der Waals surface area (Å²) in [6.45, 7) is 6.62. The van der Waals surface area contributed by atoms with Crippen molar-refractivity contribution in [3.05, 3.63) is 35.4 Å². The highest BCUT2D eigenvalue weighted by molar-refractivity contribution is 5.42. The summed E-state index contributed by atoms with van der Waals surface area (Å²) in [5.74, 6) is 1.21. The maximum absolute atomic E-state index is 9.25. The number of nitrogens with zero attached hydrogens (tertiary/aromatic N) is 1. The molecule has 1 aliphatic rings. The molecule has 2 rings (SSSR count). The van der Waals surface area contributed by atoms with Crippen LogP contribution in [0.1, 0.15) is 38.3 Å². The van der Waals surface area contributed by atoms with Gasteiger partial charge in [0.1, 0.15) is 0 Å². The molecule has 2 atom stereocenters. The summed E-state index contributed by atoms with van der Waals surface area (Å²) in [4.78, 5) is 0. The van der Waals surface area contributed by atoms with Gasteiger partial charge < -0.3 is 0 Å². The fourth-order valence-electron chi connectivity index (χ4n) is 2.46. The number of rotatable bonds is 3. The van der Waals surface area contributed by atoms with Gasteiger partial charge in [-0.2, -0.15) is 5.26 Å². The molecule has 16 heavy (non-hydrogen) atoms. The minimum Gasteiger partial charge on any atom is -0.197 e. The Morgan fingerprint density at radius 1 is 1.38 bits per heavy atom. The highest BCUT2D eigenvalue weighted by Gasteiger charge is 2.53. The summed E-state index contributed by atoms with van der Waals surface area (Å²) < 4.78 is 0. The Balaban J connectivity index is 2.18. The van der Waals surface area contributed by atoms with Gasteiger partial charge in [0.2, 0.25) is 0 Å². The Labute approximate surface area is 98.1 Å². The largest absolute Gasteiger partial charge is 0.197 e. The van der Waals surface area contributed by atoms with Crippen molar-refractivity contribution >= 4 is 0 Å². The van der Waals surface area contributed by atoms with E-state index in [0.717, 1.165) is 12.8 Å². The van der Waals surface area contributed by atoms with Crippen molar-refractivity contribution in [1.29, 1.82) is 5.26 Å².